The maximum atomic E-state index is 15.4. The molecular formula is C24H23F2N5O2S. The molecule has 0 spiro atoms. The molecule has 0 bridgehead atoms. The van der Waals surface area contributed by atoms with Gasteiger partial charge in [0, 0.05) is 12.2 Å². The molecule has 0 amide bonds. The zero-order valence-electron chi connectivity index (χ0n) is 19.0. The summed E-state index contributed by atoms with van der Waals surface area (Å²) >= 11 is -1.82. The van der Waals surface area contributed by atoms with Gasteiger partial charge in [-0.2, -0.15) is 0 Å². The Hall–Kier alpha value is -3.50. The fourth-order valence-electron chi connectivity index (χ4n) is 3.70. The van der Waals surface area contributed by atoms with Crippen LogP contribution in [-0.4, -0.2) is 31.3 Å². The highest BCUT2D eigenvalue weighted by molar-refractivity contribution is 7.92. The van der Waals surface area contributed by atoms with Gasteiger partial charge >= 0.3 is 0 Å². The van der Waals surface area contributed by atoms with Crippen LogP contribution < -0.4 is 10.0 Å². The molecule has 0 aliphatic carbocycles. The van der Waals surface area contributed by atoms with Crippen molar-refractivity contribution in [2.45, 2.75) is 38.6 Å². The van der Waals surface area contributed by atoms with Gasteiger partial charge in [-0.05, 0) is 63.1 Å². The van der Waals surface area contributed by atoms with E-state index in [-0.39, 0.29) is 17.3 Å². The summed E-state index contributed by atoms with van der Waals surface area (Å²) in [5.74, 6) is -2.68. The molecule has 0 fully saturated rings. The fourth-order valence-corrected chi connectivity index (χ4v) is 4.76. The van der Waals surface area contributed by atoms with Gasteiger partial charge in [0.2, 0.25) is 5.78 Å². The molecule has 3 N–H and O–H groups in total. The Labute approximate surface area is 198 Å². The van der Waals surface area contributed by atoms with Crippen LogP contribution in [0.4, 0.5) is 20.3 Å². The monoisotopic (exact) mass is 483 g/mol. The van der Waals surface area contributed by atoms with Gasteiger partial charge in [-0.15, -0.1) is 0 Å². The number of halogens is 2. The Morgan fingerprint density at radius 2 is 1.82 bits per heavy atom. The van der Waals surface area contributed by atoms with Crippen LogP contribution in [0.3, 0.4) is 0 Å². The van der Waals surface area contributed by atoms with Crippen LogP contribution in [0.1, 0.15) is 40.9 Å². The average Bonchev–Trinajstić information content (AvgIpc) is 3.20. The molecule has 34 heavy (non-hydrogen) atoms. The highest BCUT2D eigenvalue weighted by atomic mass is 32.2. The molecule has 10 heteroatoms. The van der Waals surface area contributed by atoms with Gasteiger partial charge in [-0.3, -0.25) is 4.79 Å². The molecular weight excluding hydrogens is 460 g/mol. The number of rotatable bonds is 7. The summed E-state index contributed by atoms with van der Waals surface area (Å²) in [6.07, 6.45) is 2.67. The van der Waals surface area contributed by atoms with Gasteiger partial charge in [0.05, 0.1) is 16.5 Å². The number of ketones is 1. The van der Waals surface area contributed by atoms with Crippen molar-refractivity contribution in [3.63, 3.8) is 0 Å². The Balaban J connectivity index is 1.73. The van der Waals surface area contributed by atoms with Gasteiger partial charge in [-0.1, -0.05) is 6.07 Å². The van der Waals surface area contributed by atoms with E-state index in [9.17, 15) is 13.7 Å². The van der Waals surface area contributed by atoms with E-state index in [0.717, 1.165) is 23.3 Å². The number of aromatic amines is 1. The maximum Gasteiger partial charge on any atom is 0.201 e. The Bertz CT molecular complexity index is 1370. The van der Waals surface area contributed by atoms with Gasteiger partial charge in [0.25, 0.3) is 0 Å². The second kappa shape index (κ2) is 9.40. The van der Waals surface area contributed by atoms with Crippen LogP contribution in [0.2, 0.25) is 0 Å². The predicted octanol–water partition coefficient (Wildman–Crippen LogP) is 5.04. The molecule has 0 radical (unpaired) electrons. The predicted molar refractivity (Wildman–Crippen MR) is 128 cm³/mol. The second-order valence-corrected chi connectivity index (χ2v) is 9.47. The van der Waals surface area contributed by atoms with E-state index in [0.29, 0.717) is 21.7 Å². The number of carbonyl (C=O) groups is 1. The molecule has 2 heterocycles. The van der Waals surface area contributed by atoms with Crippen molar-refractivity contribution in [2.75, 3.05) is 10.0 Å². The van der Waals surface area contributed by atoms with Crippen LogP contribution >= 0.6 is 0 Å². The number of hydrogen-bond acceptors (Lipinski definition) is 6. The SMILES string of the molecule is Cc1cc(C)cc([S+]([O-])Nc2ccc(F)c(C(=O)c3c[nH]c4ncnc(NC(C)C)c34)c2F)c1. The Morgan fingerprint density at radius 1 is 1.12 bits per heavy atom. The van der Waals surface area contributed by atoms with Crippen LogP contribution in [0, 0.1) is 25.5 Å². The molecule has 0 saturated carbocycles. The number of carbonyl (C=O) groups excluding carboxylic acids is 1. The van der Waals surface area contributed by atoms with E-state index in [4.69, 9.17) is 0 Å². The maximum absolute atomic E-state index is 15.4. The zero-order chi connectivity index (χ0) is 24.6. The minimum Gasteiger partial charge on any atom is -0.588 e. The first-order valence-corrected chi connectivity index (χ1v) is 11.7. The Kier molecular flexibility index (Phi) is 6.54. The lowest BCUT2D eigenvalue weighted by Crippen LogP contribution is -2.17. The highest BCUT2D eigenvalue weighted by Gasteiger charge is 2.27. The van der Waals surface area contributed by atoms with E-state index in [1.165, 1.54) is 12.5 Å². The molecule has 4 rings (SSSR count). The molecule has 2 aromatic carbocycles. The molecule has 1 unspecified atom stereocenters. The first-order chi connectivity index (χ1) is 16.2. The molecule has 4 aromatic rings. The van der Waals surface area contributed by atoms with Crippen molar-refractivity contribution in [3.05, 3.63) is 76.7 Å². The lowest BCUT2D eigenvalue weighted by atomic mass is 10.0. The summed E-state index contributed by atoms with van der Waals surface area (Å²) < 4.78 is 45.5. The number of H-pyrrole nitrogens is 1. The highest BCUT2D eigenvalue weighted by Crippen LogP contribution is 2.30. The van der Waals surface area contributed by atoms with Crippen LogP contribution in [-0.2, 0) is 11.4 Å². The van der Waals surface area contributed by atoms with Gasteiger partial charge < -0.3 is 14.9 Å². The molecule has 0 aliphatic rings. The van der Waals surface area contributed by atoms with Crippen molar-refractivity contribution < 1.29 is 18.1 Å². The van der Waals surface area contributed by atoms with E-state index in [2.05, 4.69) is 25.0 Å². The summed E-state index contributed by atoms with van der Waals surface area (Å²) in [4.78, 5) is 24.9. The first-order valence-electron chi connectivity index (χ1n) is 10.5. The molecule has 7 nitrogen and oxygen atoms in total. The largest absolute Gasteiger partial charge is 0.588 e. The second-order valence-electron chi connectivity index (χ2n) is 8.25. The van der Waals surface area contributed by atoms with Crippen molar-refractivity contribution in [1.82, 2.24) is 15.0 Å². The van der Waals surface area contributed by atoms with E-state index in [1.807, 2.05) is 33.8 Å². The van der Waals surface area contributed by atoms with Crippen LogP contribution in [0.5, 0.6) is 0 Å². The number of nitrogens with zero attached hydrogens (tertiary/aromatic N) is 2. The third-order valence-corrected chi connectivity index (χ3v) is 6.14. The number of aromatic nitrogens is 3. The van der Waals surface area contributed by atoms with E-state index < -0.39 is 34.3 Å². The van der Waals surface area contributed by atoms with Crippen LogP contribution in [0.25, 0.3) is 11.0 Å². The summed E-state index contributed by atoms with van der Waals surface area (Å²) in [5.41, 5.74) is 1.15. The summed E-state index contributed by atoms with van der Waals surface area (Å²) in [6, 6.07) is 7.42. The lowest BCUT2D eigenvalue weighted by Gasteiger charge is -2.15. The number of hydrogen-bond donors (Lipinski definition) is 3. The van der Waals surface area contributed by atoms with Gasteiger partial charge in [0.15, 0.2) is 10.7 Å². The van der Waals surface area contributed by atoms with Crippen LogP contribution in [0.15, 0.2) is 47.8 Å². The zero-order valence-corrected chi connectivity index (χ0v) is 19.8. The van der Waals surface area contributed by atoms with E-state index >= 15 is 4.39 Å². The standard InChI is InChI=1S/C24H23F2N5O2S/c1-12(2)30-24-19-16(10-27-23(19)28-11-29-24)22(32)20-17(25)5-6-18(21(20)26)31-34(33)15-8-13(3)7-14(4)9-15/h5-12,31H,1-4H3,(H2,27,28,29,30). The van der Waals surface area contributed by atoms with E-state index in [1.54, 1.807) is 12.1 Å². The number of fused-ring (bicyclic) bond motifs is 1. The summed E-state index contributed by atoms with van der Waals surface area (Å²) in [7, 11) is 0. The smallest absolute Gasteiger partial charge is 0.201 e. The number of aryl methyl sites for hydroxylation is 2. The minimum absolute atomic E-state index is 0.00260. The third kappa shape index (κ3) is 4.59. The summed E-state index contributed by atoms with van der Waals surface area (Å²) in [6.45, 7) is 7.51. The first kappa shape index (κ1) is 23.7. The third-order valence-electron chi connectivity index (χ3n) is 5.07. The fraction of sp³-hybridized carbons (Fsp3) is 0.208. The number of benzene rings is 2. The molecule has 0 aliphatic heterocycles. The molecule has 2 aromatic heterocycles. The molecule has 176 valence electrons. The van der Waals surface area contributed by atoms with Crippen molar-refractivity contribution in [2.24, 2.45) is 0 Å². The lowest BCUT2D eigenvalue weighted by molar-refractivity contribution is 0.103. The number of anilines is 2. The average molecular weight is 484 g/mol. The van der Waals surface area contributed by atoms with Crippen molar-refractivity contribution in [1.29, 1.82) is 0 Å². The normalized spacial score (nSPS) is 12.2. The summed E-state index contributed by atoms with van der Waals surface area (Å²) in [5, 5.41) is 3.44. The topological polar surface area (TPSA) is 106 Å². The van der Waals surface area contributed by atoms with Crippen molar-refractivity contribution >= 4 is 39.7 Å². The molecule has 0 saturated heterocycles. The minimum atomic E-state index is -1.82. The molecule has 1 atom stereocenters. The number of nitrogens with one attached hydrogen (secondary N) is 3. The van der Waals surface area contributed by atoms with Gasteiger partial charge in [0.1, 0.15) is 40.7 Å². The van der Waals surface area contributed by atoms with Gasteiger partial charge in [-0.25, -0.2) is 23.5 Å². The Morgan fingerprint density at radius 3 is 2.50 bits per heavy atom. The quantitative estimate of drug-likeness (QED) is 0.251. The van der Waals surface area contributed by atoms with Crippen molar-refractivity contribution in [3.8, 4) is 0 Å².